The summed E-state index contributed by atoms with van der Waals surface area (Å²) in [6, 6.07) is 12.8. The zero-order valence-electron chi connectivity index (χ0n) is 14.4. The summed E-state index contributed by atoms with van der Waals surface area (Å²) in [4.78, 5) is 12.6. The Morgan fingerprint density at radius 3 is 2.56 bits per heavy atom. The second kappa shape index (κ2) is 6.88. The Balaban J connectivity index is 1.78. The summed E-state index contributed by atoms with van der Waals surface area (Å²) in [5.41, 5.74) is 4.40. The van der Waals surface area contributed by atoms with Crippen LogP contribution in [0.2, 0.25) is 0 Å². The van der Waals surface area contributed by atoms with Crippen LogP contribution >= 0.6 is 0 Å². The molecular formula is C19H22N2O3S. The van der Waals surface area contributed by atoms with Crippen LogP contribution < -0.4 is 10.0 Å². The largest absolute Gasteiger partial charge is 0.345 e. The van der Waals surface area contributed by atoms with Crippen LogP contribution in [0, 0.1) is 0 Å². The van der Waals surface area contributed by atoms with Gasteiger partial charge in [-0.05, 0) is 55.0 Å². The molecule has 3 rings (SSSR count). The van der Waals surface area contributed by atoms with Gasteiger partial charge in [0.1, 0.15) is 0 Å². The molecule has 2 N–H and O–H groups in total. The molecule has 1 atom stereocenters. The Bertz CT molecular complexity index is 907. The average Bonchev–Trinajstić information content (AvgIpc) is 3.01. The van der Waals surface area contributed by atoms with Gasteiger partial charge in [-0.1, -0.05) is 30.3 Å². The van der Waals surface area contributed by atoms with Crippen molar-refractivity contribution < 1.29 is 13.2 Å². The monoisotopic (exact) mass is 358 g/mol. The Hall–Kier alpha value is -2.34. The van der Waals surface area contributed by atoms with E-state index in [1.54, 1.807) is 24.3 Å². The van der Waals surface area contributed by atoms with Crippen LogP contribution in [0.5, 0.6) is 0 Å². The Morgan fingerprint density at radius 1 is 1.08 bits per heavy atom. The molecule has 0 saturated carbocycles. The first-order valence-electron chi connectivity index (χ1n) is 8.33. The van der Waals surface area contributed by atoms with E-state index < -0.39 is 10.0 Å². The number of anilines is 1. The maximum Gasteiger partial charge on any atom is 0.253 e. The van der Waals surface area contributed by atoms with Crippen LogP contribution in [0.3, 0.4) is 0 Å². The topological polar surface area (TPSA) is 75.3 Å². The van der Waals surface area contributed by atoms with E-state index in [-0.39, 0.29) is 17.6 Å². The number of carbonyl (C=O) groups is 1. The molecule has 0 aliphatic heterocycles. The molecule has 6 heteroatoms. The summed E-state index contributed by atoms with van der Waals surface area (Å²) in [5.74, 6) is -0.306. The molecule has 0 fully saturated rings. The summed E-state index contributed by atoms with van der Waals surface area (Å²) >= 11 is 0. The van der Waals surface area contributed by atoms with E-state index in [0.29, 0.717) is 5.56 Å². The van der Waals surface area contributed by atoms with Crippen molar-refractivity contribution in [2.75, 3.05) is 11.0 Å². The molecule has 0 saturated heterocycles. The summed E-state index contributed by atoms with van der Waals surface area (Å²) in [7, 11) is -3.45. The van der Waals surface area contributed by atoms with Gasteiger partial charge in [-0.2, -0.15) is 0 Å². The van der Waals surface area contributed by atoms with Gasteiger partial charge in [0.25, 0.3) is 5.91 Å². The third-order valence-corrected chi connectivity index (χ3v) is 5.03. The van der Waals surface area contributed by atoms with Crippen molar-refractivity contribution in [3.8, 4) is 0 Å². The molecule has 0 radical (unpaired) electrons. The Kier molecular flexibility index (Phi) is 4.81. The van der Waals surface area contributed by atoms with Crippen molar-refractivity contribution in [2.45, 2.75) is 32.2 Å². The molecule has 25 heavy (non-hydrogen) atoms. The number of rotatable bonds is 5. The highest BCUT2D eigenvalue weighted by atomic mass is 32.2. The minimum absolute atomic E-state index is 0.162. The van der Waals surface area contributed by atoms with Gasteiger partial charge in [-0.15, -0.1) is 0 Å². The van der Waals surface area contributed by atoms with Gasteiger partial charge < -0.3 is 5.32 Å². The molecule has 5 nitrogen and oxygen atoms in total. The zero-order valence-corrected chi connectivity index (χ0v) is 15.2. The van der Waals surface area contributed by atoms with Crippen LogP contribution in [0.4, 0.5) is 5.69 Å². The van der Waals surface area contributed by atoms with Crippen molar-refractivity contribution in [2.24, 2.45) is 0 Å². The number of amides is 1. The number of carbonyl (C=O) groups excluding carboxylic acids is 1. The van der Waals surface area contributed by atoms with E-state index in [0.717, 1.165) is 24.7 Å². The molecule has 2 aromatic rings. The normalized spacial score (nSPS) is 14.6. The van der Waals surface area contributed by atoms with Gasteiger partial charge >= 0.3 is 0 Å². The number of hydrogen-bond acceptors (Lipinski definition) is 3. The van der Waals surface area contributed by atoms with Gasteiger partial charge in [0, 0.05) is 0 Å². The van der Waals surface area contributed by atoms with Gasteiger partial charge in [-0.25, -0.2) is 8.42 Å². The lowest BCUT2D eigenvalue weighted by atomic mass is 10.0. The lowest BCUT2D eigenvalue weighted by molar-refractivity contribution is 0.0941. The van der Waals surface area contributed by atoms with Crippen LogP contribution in [0.1, 0.15) is 46.4 Å². The first-order chi connectivity index (χ1) is 11.8. The lowest BCUT2D eigenvalue weighted by Gasteiger charge is -2.17. The predicted molar refractivity (Wildman–Crippen MR) is 99.3 cm³/mol. The fourth-order valence-corrected chi connectivity index (χ4v) is 3.77. The second-order valence-electron chi connectivity index (χ2n) is 6.50. The number of benzene rings is 2. The molecule has 0 bridgehead atoms. The van der Waals surface area contributed by atoms with E-state index in [1.807, 2.05) is 6.92 Å². The first-order valence-corrected chi connectivity index (χ1v) is 10.2. The van der Waals surface area contributed by atoms with Gasteiger partial charge in [-0.3, -0.25) is 9.52 Å². The number of nitrogens with one attached hydrogen (secondary N) is 2. The van der Waals surface area contributed by atoms with Gasteiger partial charge in [0.2, 0.25) is 10.0 Å². The number of aryl methyl sites for hydroxylation is 2. The summed E-state index contributed by atoms with van der Waals surface area (Å²) in [6.45, 7) is 1.93. The quantitative estimate of drug-likeness (QED) is 0.863. The van der Waals surface area contributed by atoms with Crippen molar-refractivity contribution in [1.29, 1.82) is 0 Å². The molecule has 0 aromatic heterocycles. The highest BCUT2D eigenvalue weighted by molar-refractivity contribution is 7.92. The SMILES string of the molecule is C[C@@H](NC(=O)c1ccccc1NS(C)(=O)=O)c1ccc2c(c1)CCC2. The molecule has 0 heterocycles. The maximum atomic E-state index is 12.6. The van der Waals surface area contributed by atoms with E-state index in [9.17, 15) is 13.2 Å². The van der Waals surface area contributed by atoms with Crippen molar-refractivity contribution in [1.82, 2.24) is 5.32 Å². The number of hydrogen-bond donors (Lipinski definition) is 2. The van der Waals surface area contributed by atoms with Crippen molar-refractivity contribution >= 4 is 21.6 Å². The van der Waals surface area contributed by atoms with E-state index in [2.05, 4.69) is 28.2 Å². The fourth-order valence-electron chi connectivity index (χ4n) is 3.19. The molecule has 1 aliphatic rings. The molecule has 1 amide bonds. The fraction of sp³-hybridized carbons (Fsp3) is 0.316. The predicted octanol–water partition coefficient (Wildman–Crippen LogP) is 3.04. The minimum Gasteiger partial charge on any atom is -0.345 e. The standard InChI is InChI=1S/C19H22N2O3S/c1-13(15-11-10-14-6-5-7-16(14)12-15)20-19(22)17-8-3-4-9-18(17)21-25(2,23)24/h3-4,8-13,21H,5-7H2,1-2H3,(H,20,22)/t13-/m1/s1. The second-order valence-corrected chi connectivity index (χ2v) is 8.25. The van der Waals surface area contributed by atoms with Gasteiger partial charge in [0.15, 0.2) is 0 Å². The Morgan fingerprint density at radius 2 is 1.80 bits per heavy atom. The lowest BCUT2D eigenvalue weighted by Crippen LogP contribution is -2.28. The highest BCUT2D eigenvalue weighted by Crippen LogP contribution is 2.26. The number of fused-ring (bicyclic) bond motifs is 1. The summed E-state index contributed by atoms with van der Waals surface area (Å²) in [6.07, 6.45) is 4.46. The molecular weight excluding hydrogens is 336 g/mol. The van der Waals surface area contributed by atoms with Crippen molar-refractivity contribution in [3.63, 3.8) is 0 Å². The maximum absolute atomic E-state index is 12.6. The van der Waals surface area contributed by atoms with E-state index in [4.69, 9.17) is 0 Å². The highest BCUT2D eigenvalue weighted by Gasteiger charge is 2.18. The van der Waals surface area contributed by atoms with Crippen LogP contribution in [0.25, 0.3) is 0 Å². The first kappa shape index (κ1) is 17.5. The summed E-state index contributed by atoms with van der Waals surface area (Å²) in [5, 5.41) is 2.96. The van der Waals surface area contributed by atoms with Crippen LogP contribution in [0.15, 0.2) is 42.5 Å². The summed E-state index contributed by atoms with van der Waals surface area (Å²) < 4.78 is 25.4. The molecule has 2 aromatic carbocycles. The average molecular weight is 358 g/mol. The van der Waals surface area contributed by atoms with Crippen LogP contribution in [-0.4, -0.2) is 20.6 Å². The smallest absolute Gasteiger partial charge is 0.253 e. The van der Waals surface area contributed by atoms with E-state index in [1.165, 1.54) is 17.5 Å². The number of sulfonamides is 1. The van der Waals surface area contributed by atoms with Crippen molar-refractivity contribution in [3.05, 3.63) is 64.7 Å². The third kappa shape index (κ3) is 4.20. The van der Waals surface area contributed by atoms with Crippen LogP contribution in [-0.2, 0) is 22.9 Å². The zero-order chi connectivity index (χ0) is 18.0. The minimum atomic E-state index is -3.45. The van der Waals surface area contributed by atoms with E-state index >= 15 is 0 Å². The third-order valence-electron chi connectivity index (χ3n) is 4.44. The Labute approximate surface area is 148 Å². The molecule has 0 unspecified atom stereocenters. The van der Waals surface area contributed by atoms with Gasteiger partial charge in [0.05, 0.1) is 23.5 Å². The number of para-hydroxylation sites is 1. The molecule has 1 aliphatic carbocycles. The molecule has 0 spiro atoms. The molecule has 132 valence electrons.